The van der Waals surface area contributed by atoms with Crippen molar-refractivity contribution in [3.8, 4) is 0 Å². The largest absolute Gasteiger partial charge is 0.326 e. The monoisotopic (exact) mass is 324 g/mol. The van der Waals surface area contributed by atoms with Crippen molar-refractivity contribution in [1.29, 1.82) is 0 Å². The molecule has 3 N–H and O–H groups in total. The van der Waals surface area contributed by atoms with E-state index >= 15 is 0 Å². The highest BCUT2D eigenvalue weighted by atomic mass is 35.5. The van der Waals surface area contributed by atoms with E-state index < -0.39 is 10.0 Å². The van der Waals surface area contributed by atoms with Gasteiger partial charge in [-0.15, -0.1) is 0 Å². The van der Waals surface area contributed by atoms with Gasteiger partial charge in [0.1, 0.15) is 4.90 Å². The van der Waals surface area contributed by atoms with Gasteiger partial charge in [0, 0.05) is 13.1 Å². The van der Waals surface area contributed by atoms with Crippen LogP contribution in [0.3, 0.4) is 0 Å². The Balaban J connectivity index is 2.21. The van der Waals surface area contributed by atoms with Gasteiger partial charge in [-0.1, -0.05) is 41.9 Å². The normalized spacial score (nSPS) is 11.6. The first kappa shape index (κ1) is 16.0. The Labute approximate surface area is 130 Å². The standard InChI is InChI=1S/C15H17ClN2O2S/c1-11-4-2-3-5-13(11)10-18-21(19,20)15-7-6-12(9-17)8-14(15)16/h2-8,18H,9-10,17H2,1H3. The van der Waals surface area contributed by atoms with Crippen molar-refractivity contribution in [2.24, 2.45) is 5.73 Å². The fraction of sp³-hybridized carbons (Fsp3) is 0.200. The zero-order valence-corrected chi connectivity index (χ0v) is 13.2. The van der Waals surface area contributed by atoms with Crippen molar-refractivity contribution in [2.45, 2.75) is 24.9 Å². The molecule has 4 nitrogen and oxygen atoms in total. The van der Waals surface area contributed by atoms with Crippen LogP contribution in [0.15, 0.2) is 47.4 Å². The Bertz CT molecular complexity index is 745. The molecule has 21 heavy (non-hydrogen) atoms. The van der Waals surface area contributed by atoms with Crippen LogP contribution in [0.5, 0.6) is 0 Å². The maximum absolute atomic E-state index is 12.3. The van der Waals surface area contributed by atoms with Gasteiger partial charge >= 0.3 is 0 Å². The number of aryl methyl sites for hydroxylation is 1. The lowest BCUT2D eigenvalue weighted by Crippen LogP contribution is -2.24. The van der Waals surface area contributed by atoms with Gasteiger partial charge in [0.25, 0.3) is 0 Å². The summed E-state index contributed by atoms with van der Waals surface area (Å²) < 4.78 is 27.2. The summed E-state index contributed by atoms with van der Waals surface area (Å²) in [5.74, 6) is 0. The van der Waals surface area contributed by atoms with E-state index in [4.69, 9.17) is 17.3 Å². The molecular formula is C15H17ClN2O2S. The Morgan fingerprint density at radius 1 is 1.19 bits per heavy atom. The number of sulfonamides is 1. The number of benzene rings is 2. The number of nitrogens with one attached hydrogen (secondary N) is 1. The molecule has 0 unspecified atom stereocenters. The number of hydrogen-bond donors (Lipinski definition) is 2. The summed E-state index contributed by atoms with van der Waals surface area (Å²) in [4.78, 5) is 0.0648. The van der Waals surface area contributed by atoms with Crippen LogP contribution in [0, 0.1) is 6.92 Å². The van der Waals surface area contributed by atoms with Gasteiger partial charge in [-0.3, -0.25) is 0 Å². The summed E-state index contributed by atoms with van der Waals surface area (Å²) in [6.45, 7) is 2.48. The second-order valence-electron chi connectivity index (χ2n) is 4.72. The highest BCUT2D eigenvalue weighted by Crippen LogP contribution is 2.22. The molecule has 0 saturated carbocycles. The van der Waals surface area contributed by atoms with E-state index in [9.17, 15) is 8.42 Å². The predicted molar refractivity (Wildman–Crippen MR) is 84.5 cm³/mol. The molecule has 0 aliphatic carbocycles. The van der Waals surface area contributed by atoms with Gasteiger partial charge in [-0.2, -0.15) is 0 Å². The molecule has 0 aliphatic rings. The first-order valence-corrected chi connectivity index (χ1v) is 8.33. The highest BCUT2D eigenvalue weighted by Gasteiger charge is 2.18. The van der Waals surface area contributed by atoms with Crippen LogP contribution < -0.4 is 10.5 Å². The summed E-state index contributed by atoms with van der Waals surface area (Å²) in [7, 11) is -3.65. The summed E-state index contributed by atoms with van der Waals surface area (Å²) in [5.41, 5.74) is 8.25. The van der Waals surface area contributed by atoms with Crippen LogP contribution in [0.2, 0.25) is 5.02 Å². The first-order chi connectivity index (χ1) is 9.94. The molecule has 2 aromatic rings. The minimum Gasteiger partial charge on any atom is -0.326 e. The van der Waals surface area contributed by atoms with Gasteiger partial charge in [-0.05, 0) is 35.7 Å². The number of halogens is 1. The fourth-order valence-electron chi connectivity index (χ4n) is 1.95. The fourth-order valence-corrected chi connectivity index (χ4v) is 3.52. The Kier molecular flexibility index (Phi) is 5.00. The Hall–Kier alpha value is -1.40. The van der Waals surface area contributed by atoms with E-state index in [1.54, 1.807) is 12.1 Å². The maximum Gasteiger partial charge on any atom is 0.242 e. The van der Waals surface area contributed by atoms with Crippen LogP contribution in [-0.4, -0.2) is 8.42 Å². The minimum atomic E-state index is -3.65. The summed E-state index contributed by atoms with van der Waals surface area (Å²) in [6.07, 6.45) is 0. The summed E-state index contributed by atoms with van der Waals surface area (Å²) in [5, 5.41) is 0.176. The summed E-state index contributed by atoms with van der Waals surface area (Å²) in [6, 6.07) is 12.3. The van der Waals surface area contributed by atoms with E-state index in [1.165, 1.54) is 6.07 Å². The second kappa shape index (κ2) is 6.58. The van der Waals surface area contributed by atoms with Gasteiger partial charge in [0.15, 0.2) is 0 Å². The lowest BCUT2D eigenvalue weighted by Gasteiger charge is -2.10. The molecule has 2 aromatic carbocycles. The quantitative estimate of drug-likeness (QED) is 0.888. The van der Waals surface area contributed by atoms with Crippen molar-refractivity contribution in [2.75, 3.05) is 0 Å². The topological polar surface area (TPSA) is 72.2 Å². The van der Waals surface area contributed by atoms with Gasteiger partial charge < -0.3 is 5.73 Å². The molecule has 0 aliphatic heterocycles. The molecule has 112 valence electrons. The van der Waals surface area contributed by atoms with Crippen LogP contribution in [0.4, 0.5) is 0 Å². The molecular weight excluding hydrogens is 308 g/mol. The molecule has 0 bridgehead atoms. The van der Waals surface area contributed by atoms with Crippen molar-refractivity contribution in [1.82, 2.24) is 4.72 Å². The van der Waals surface area contributed by atoms with E-state index in [1.807, 2.05) is 31.2 Å². The predicted octanol–water partition coefficient (Wildman–Crippen LogP) is 2.59. The molecule has 6 heteroatoms. The van der Waals surface area contributed by atoms with Crippen LogP contribution >= 0.6 is 11.6 Å². The molecule has 2 rings (SSSR count). The number of nitrogens with two attached hydrogens (primary N) is 1. The van der Waals surface area contributed by atoms with E-state index in [0.717, 1.165) is 16.7 Å². The average molecular weight is 325 g/mol. The zero-order chi connectivity index (χ0) is 15.5. The van der Waals surface area contributed by atoms with Crippen molar-refractivity contribution in [3.05, 3.63) is 64.2 Å². The molecule has 0 saturated heterocycles. The average Bonchev–Trinajstić information content (AvgIpc) is 2.46. The van der Waals surface area contributed by atoms with E-state index in [-0.39, 0.29) is 16.5 Å². The third-order valence-electron chi connectivity index (χ3n) is 3.24. The second-order valence-corrected chi connectivity index (χ2v) is 6.86. The van der Waals surface area contributed by atoms with Crippen LogP contribution in [0.1, 0.15) is 16.7 Å². The molecule has 0 heterocycles. The number of rotatable bonds is 5. The molecule has 0 radical (unpaired) electrons. The van der Waals surface area contributed by atoms with Crippen molar-refractivity contribution < 1.29 is 8.42 Å². The third kappa shape index (κ3) is 3.83. The molecule has 0 aromatic heterocycles. The SMILES string of the molecule is Cc1ccccc1CNS(=O)(=O)c1ccc(CN)cc1Cl. The zero-order valence-electron chi connectivity index (χ0n) is 11.6. The minimum absolute atomic E-state index is 0.0648. The van der Waals surface area contributed by atoms with Gasteiger partial charge in [0.2, 0.25) is 10.0 Å². The maximum atomic E-state index is 12.3. The molecule has 0 atom stereocenters. The smallest absolute Gasteiger partial charge is 0.242 e. The Morgan fingerprint density at radius 3 is 2.52 bits per heavy atom. The van der Waals surface area contributed by atoms with Crippen LogP contribution in [0.25, 0.3) is 0 Å². The first-order valence-electron chi connectivity index (χ1n) is 6.46. The van der Waals surface area contributed by atoms with Gasteiger partial charge in [-0.25, -0.2) is 13.1 Å². The van der Waals surface area contributed by atoms with Crippen molar-refractivity contribution >= 4 is 21.6 Å². The Morgan fingerprint density at radius 2 is 1.90 bits per heavy atom. The van der Waals surface area contributed by atoms with Crippen LogP contribution in [-0.2, 0) is 23.1 Å². The number of hydrogen-bond acceptors (Lipinski definition) is 3. The lowest BCUT2D eigenvalue weighted by molar-refractivity contribution is 0.581. The van der Waals surface area contributed by atoms with Crippen molar-refractivity contribution in [3.63, 3.8) is 0 Å². The molecule has 0 fully saturated rings. The third-order valence-corrected chi connectivity index (χ3v) is 5.12. The summed E-state index contributed by atoms with van der Waals surface area (Å²) >= 11 is 6.03. The molecule has 0 spiro atoms. The molecule has 0 amide bonds. The van der Waals surface area contributed by atoms with E-state index in [2.05, 4.69) is 4.72 Å². The van der Waals surface area contributed by atoms with E-state index in [0.29, 0.717) is 6.54 Å². The van der Waals surface area contributed by atoms with Gasteiger partial charge in [0.05, 0.1) is 5.02 Å². The highest BCUT2D eigenvalue weighted by molar-refractivity contribution is 7.89. The lowest BCUT2D eigenvalue weighted by atomic mass is 10.1.